The monoisotopic (exact) mass is 250 g/mol. The summed E-state index contributed by atoms with van der Waals surface area (Å²) in [6.07, 6.45) is 5.87. The van der Waals surface area contributed by atoms with Gasteiger partial charge >= 0.3 is 0 Å². The molecule has 0 spiro atoms. The Morgan fingerprint density at radius 2 is 2.17 bits per heavy atom. The Labute approximate surface area is 110 Å². The van der Waals surface area contributed by atoms with E-state index in [1.807, 2.05) is 4.68 Å². The Balaban J connectivity index is 2.38. The third-order valence-corrected chi connectivity index (χ3v) is 2.72. The van der Waals surface area contributed by atoms with Gasteiger partial charge in [0.15, 0.2) is 0 Å². The van der Waals surface area contributed by atoms with Crippen LogP contribution < -0.4 is 5.32 Å². The van der Waals surface area contributed by atoms with Gasteiger partial charge in [-0.25, -0.2) is 4.98 Å². The van der Waals surface area contributed by atoms with Gasteiger partial charge < -0.3 is 5.32 Å². The molecule has 18 heavy (non-hydrogen) atoms. The van der Waals surface area contributed by atoms with Crippen LogP contribution in [0, 0.1) is 0 Å². The van der Waals surface area contributed by atoms with E-state index in [-0.39, 0.29) is 5.54 Å². The van der Waals surface area contributed by atoms with Crippen molar-refractivity contribution in [3.05, 3.63) is 23.8 Å². The van der Waals surface area contributed by atoms with Crippen molar-refractivity contribution < 1.29 is 0 Å². The molecule has 0 atom stereocenters. The van der Waals surface area contributed by atoms with Gasteiger partial charge in [0.2, 0.25) is 0 Å². The molecule has 0 saturated carbocycles. The van der Waals surface area contributed by atoms with E-state index in [2.05, 4.69) is 56.1 Å². The maximum atomic E-state index is 4.29. The fraction of sp³-hybridized carbons (Fsp3) is 0.714. The number of aromatic nitrogens is 3. The third-order valence-electron chi connectivity index (χ3n) is 2.72. The van der Waals surface area contributed by atoms with Gasteiger partial charge in [0, 0.05) is 18.5 Å². The third kappa shape index (κ3) is 5.45. The molecular weight excluding hydrogens is 224 g/mol. The summed E-state index contributed by atoms with van der Waals surface area (Å²) in [6.45, 7) is 12.7. The molecule has 1 heterocycles. The Hall–Kier alpha value is -1.16. The first kappa shape index (κ1) is 14.9. The van der Waals surface area contributed by atoms with E-state index >= 15 is 0 Å². The van der Waals surface area contributed by atoms with Crippen LogP contribution in [0.3, 0.4) is 0 Å². The van der Waals surface area contributed by atoms with Gasteiger partial charge in [0.1, 0.15) is 12.2 Å². The Morgan fingerprint density at radius 1 is 1.44 bits per heavy atom. The van der Waals surface area contributed by atoms with Crippen molar-refractivity contribution in [1.29, 1.82) is 0 Å². The summed E-state index contributed by atoms with van der Waals surface area (Å²) in [4.78, 5) is 4.29. The standard InChI is InChI=1S/C14H26N4/c1-6-18-13(15-11-17-18)10-12(2)8-7-9-16-14(3,4)5/h8,11,16H,6-7,9-10H2,1-5H3. The van der Waals surface area contributed by atoms with Crippen molar-refractivity contribution in [2.75, 3.05) is 6.54 Å². The maximum Gasteiger partial charge on any atom is 0.138 e. The fourth-order valence-corrected chi connectivity index (χ4v) is 1.78. The van der Waals surface area contributed by atoms with Crippen LogP contribution in [-0.2, 0) is 13.0 Å². The largest absolute Gasteiger partial charge is 0.312 e. The van der Waals surface area contributed by atoms with Crippen LogP contribution in [0.4, 0.5) is 0 Å². The van der Waals surface area contributed by atoms with E-state index < -0.39 is 0 Å². The highest BCUT2D eigenvalue weighted by molar-refractivity contribution is 5.06. The predicted octanol–water partition coefficient (Wildman–Crippen LogP) is 2.57. The molecule has 0 saturated heterocycles. The number of nitrogens with zero attached hydrogens (tertiary/aromatic N) is 3. The fourth-order valence-electron chi connectivity index (χ4n) is 1.78. The van der Waals surface area contributed by atoms with Crippen LogP contribution in [0.25, 0.3) is 0 Å². The van der Waals surface area contributed by atoms with Crippen LogP contribution in [0.5, 0.6) is 0 Å². The Kier molecular flexibility index (Phi) is 5.54. The summed E-state index contributed by atoms with van der Waals surface area (Å²) >= 11 is 0. The number of nitrogens with one attached hydrogen (secondary N) is 1. The zero-order chi connectivity index (χ0) is 13.6. The minimum Gasteiger partial charge on any atom is -0.312 e. The molecule has 4 heteroatoms. The Morgan fingerprint density at radius 3 is 2.78 bits per heavy atom. The van der Waals surface area contributed by atoms with Crippen LogP contribution in [0.15, 0.2) is 18.0 Å². The lowest BCUT2D eigenvalue weighted by Gasteiger charge is -2.19. The molecular formula is C14H26N4. The molecule has 1 rings (SSSR count). The molecule has 0 unspecified atom stereocenters. The van der Waals surface area contributed by atoms with Crippen LogP contribution >= 0.6 is 0 Å². The lowest BCUT2D eigenvalue weighted by molar-refractivity contribution is 0.431. The lowest BCUT2D eigenvalue weighted by atomic mass is 10.1. The Bertz CT molecular complexity index is 385. The van der Waals surface area contributed by atoms with Crippen LogP contribution in [-0.4, -0.2) is 26.8 Å². The second-order valence-electron chi connectivity index (χ2n) is 5.68. The molecule has 0 fully saturated rings. The summed E-state index contributed by atoms with van der Waals surface area (Å²) in [5.41, 5.74) is 1.55. The first-order chi connectivity index (χ1) is 8.42. The van der Waals surface area contributed by atoms with Gasteiger partial charge in [-0.1, -0.05) is 11.6 Å². The summed E-state index contributed by atoms with van der Waals surface area (Å²) < 4.78 is 1.95. The normalized spacial score (nSPS) is 13.1. The van der Waals surface area contributed by atoms with E-state index in [4.69, 9.17) is 0 Å². The molecule has 0 aliphatic carbocycles. The number of aryl methyl sites for hydroxylation is 1. The topological polar surface area (TPSA) is 42.7 Å². The minimum absolute atomic E-state index is 0.199. The molecule has 1 aromatic heterocycles. The van der Waals surface area contributed by atoms with Crippen molar-refractivity contribution in [1.82, 2.24) is 20.1 Å². The van der Waals surface area contributed by atoms with Gasteiger partial charge in [-0.05, 0) is 47.6 Å². The van der Waals surface area contributed by atoms with Gasteiger partial charge in [-0.2, -0.15) is 5.10 Å². The highest BCUT2D eigenvalue weighted by Gasteiger charge is 2.07. The minimum atomic E-state index is 0.199. The number of hydrogen-bond acceptors (Lipinski definition) is 3. The molecule has 102 valence electrons. The summed E-state index contributed by atoms with van der Waals surface area (Å²) in [5, 5.41) is 7.66. The van der Waals surface area contributed by atoms with Crippen molar-refractivity contribution >= 4 is 0 Å². The first-order valence-corrected chi connectivity index (χ1v) is 6.69. The van der Waals surface area contributed by atoms with Gasteiger partial charge in [0.25, 0.3) is 0 Å². The number of allylic oxidation sites excluding steroid dienone is 1. The molecule has 0 bridgehead atoms. The quantitative estimate of drug-likeness (QED) is 0.623. The maximum absolute atomic E-state index is 4.29. The number of hydrogen-bond donors (Lipinski definition) is 1. The molecule has 0 radical (unpaired) electrons. The lowest BCUT2D eigenvalue weighted by Crippen LogP contribution is -2.36. The molecule has 0 aromatic carbocycles. The highest BCUT2D eigenvalue weighted by Crippen LogP contribution is 2.06. The average Bonchev–Trinajstić information content (AvgIpc) is 2.70. The molecule has 0 amide bonds. The summed E-state index contributed by atoms with van der Waals surface area (Å²) in [5.74, 6) is 1.05. The van der Waals surface area contributed by atoms with Crippen LogP contribution in [0.1, 0.15) is 46.9 Å². The van der Waals surface area contributed by atoms with E-state index in [9.17, 15) is 0 Å². The first-order valence-electron chi connectivity index (χ1n) is 6.69. The molecule has 1 N–H and O–H groups in total. The number of rotatable bonds is 6. The average molecular weight is 250 g/mol. The highest BCUT2D eigenvalue weighted by atomic mass is 15.3. The van der Waals surface area contributed by atoms with E-state index in [1.165, 1.54) is 5.57 Å². The second-order valence-corrected chi connectivity index (χ2v) is 5.68. The molecule has 1 aromatic rings. The smallest absolute Gasteiger partial charge is 0.138 e. The van der Waals surface area contributed by atoms with Crippen molar-refractivity contribution in [2.24, 2.45) is 0 Å². The summed E-state index contributed by atoms with van der Waals surface area (Å²) in [7, 11) is 0. The van der Waals surface area contributed by atoms with E-state index in [0.29, 0.717) is 0 Å². The zero-order valence-electron chi connectivity index (χ0n) is 12.3. The molecule has 0 aliphatic rings. The second kappa shape index (κ2) is 6.69. The van der Waals surface area contributed by atoms with Crippen molar-refractivity contribution in [2.45, 2.75) is 59.5 Å². The summed E-state index contributed by atoms with van der Waals surface area (Å²) in [6, 6.07) is 0. The van der Waals surface area contributed by atoms with Gasteiger partial charge in [-0.3, -0.25) is 4.68 Å². The van der Waals surface area contributed by atoms with E-state index in [0.717, 1.165) is 31.8 Å². The van der Waals surface area contributed by atoms with Crippen LogP contribution in [0.2, 0.25) is 0 Å². The molecule has 4 nitrogen and oxygen atoms in total. The van der Waals surface area contributed by atoms with Crippen molar-refractivity contribution in [3.8, 4) is 0 Å². The van der Waals surface area contributed by atoms with Crippen molar-refractivity contribution in [3.63, 3.8) is 0 Å². The van der Waals surface area contributed by atoms with E-state index in [1.54, 1.807) is 6.33 Å². The predicted molar refractivity (Wildman–Crippen MR) is 75.5 cm³/mol. The zero-order valence-corrected chi connectivity index (χ0v) is 12.3. The molecule has 0 aliphatic heterocycles. The SMILES string of the molecule is CCn1ncnc1CC(C)=CCCNC(C)(C)C. The van der Waals surface area contributed by atoms with Gasteiger partial charge in [-0.15, -0.1) is 0 Å². The van der Waals surface area contributed by atoms with Gasteiger partial charge in [0.05, 0.1) is 0 Å².